The second kappa shape index (κ2) is 3.18. The molecule has 2 fully saturated rings. The zero-order chi connectivity index (χ0) is 11.3. The van der Waals surface area contributed by atoms with Crippen LogP contribution in [-0.2, 0) is 9.53 Å². The Morgan fingerprint density at radius 3 is 2.67 bits per heavy atom. The summed E-state index contributed by atoms with van der Waals surface area (Å²) >= 11 is 0. The van der Waals surface area contributed by atoms with Gasteiger partial charge in [0.05, 0.1) is 11.7 Å². The molecule has 1 saturated heterocycles. The van der Waals surface area contributed by atoms with Crippen LogP contribution in [0.5, 0.6) is 0 Å². The molecule has 0 amide bonds. The highest BCUT2D eigenvalue weighted by atomic mass is 16.6. The van der Waals surface area contributed by atoms with Gasteiger partial charge in [-0.3, -0.25) is 4.79 Å². The molecule has 2 rings (SSSR count). The van der Waals surface area contributed by atoms with Crippen molar-refractivity contribution in [3.8, 4) is 0 Å². The molecule has 0 aromatic rings. The van der Waals surface area contributed by atoms with E-state index in [2.05, 4.69) is 26.8 Å². The molecule has 15 heavy (non-hydrogen) atoms. The third-order valence-corrected chi connectivity index (χ3v) is 4.01. The SMILES string of the molecule is CC(=O)C=CC1C(C)(C)CCC2OC21C. The Balaban J connectivity index is 2.21. The van der Waals surface area contributed by atoms with E-state index in [1.54, 1.807) is 13.0 Å². The molecule has 2 nitrogen and oxygen atoms in total. The summed E-state index contributed by atoms with van der Waals surface area (Å²) in [5.74, 6) is 0.491. The van der Waals surface area contributed by atoms with Gasteiger partial charge in [-0.05, 0) is 38.2 Å². The second-order valence-electron chi connectivity index (χ2n) is 5.77. The number of rotatable bonds is 2. The number of epoxide rings is 1. The highest BCUT2D eigenvalue weighted by molar-refractivity contribution is 5.87. The topological polar surface area (TPSA) is 29.6 Å². The minimum absolute atomic E-state index is 0.00625. The van der Waals surface area contributed by atoms with Crippen molar-refractivity contribution in [1.29, 1.82) is 0 Å². The fourth-order valence-electron chi connectivity index (χ4n) is 3.01. The lowest BCUT2D eigenvalue weighted by molar-refractivity contribution is -0.112. The molecule has 84 valence electrons. The zero-order valence-corrected chi connectivity index (χ0v) is 10.0. The van der Waals surface area contributed by atoms with Crippen molar-refractivity contribution >= 4 is 5.78 Å². The molecule has 0 spiro atoms. The molecule has 0 aromatic carbocycles. The Kier molecular flexibility index (Phi) is 2.30. The van der Waals surface area contributed by atoms with Gasteiger partial charge >= 0.3 is 0 Å². The number of ketones is 1. The van der Waals surface area contributed by atoms with E-state index in [9.17, 15) is 4.79 Å². The van der Waals surface area contributed by atoms with Crippen LogP contribution in [-0.4, -0.2) is 17.5 Å². The Labute approximate surface area is 91.7 Å². The van der Waals surface area contributed by atoms with Gasteiger partial charge in [0.15, 0.2) is 5.78 Å². The molecule has 1 saturated carbocycles. The molecule has 1 heterocycles. The molecule has 3 unspecified atom stereocenters. The van der Waals surface area contributed by atoms with Gasteiger partial charge in [-0.15, -0.1) is 0 Å². The number of allylic oxidation sites excluding steroid dienone is 1. The van der Waals surface area contributed by atoms with Crippen molar-refractivity contribution in [2.75, 3.05) is 0 Å². The smallest absolute Gasteiger partial charge is 0.152 e. The van der Waals surface area contributed by atoms with Gasteiger partial charge in [-0.1, -0.05) is 19.9 Å². The van der Waals surface area contributed by atoms with Crippen molar-refractivity contribution in [1.82, 2.24) is 0 Å². The predicted molar refractivity (Wildman–Crippen MR) is 59.6 cm³/mol. The molecule has 0 bridgehead atoms. The highest BCUT2D eigenvalue weighted by Crippen LogP contribution is 2.58. The molecular weight excluding hydrogens is 188 g/mol. The molecular formula is C13H20O2. The maximum Gasteiger partial charge on any atom is 0.152 e. The Morgan fingerprint density at radius 2 is 2.07 bits per heavy atom. The van der Waals surface area contributed by atoms with Crippen LogP contribution in [0.4, 0.5) is 0 Å². The summed E-state index contributed by atoms with van der Waals surface area (Å²) in [5.41, 5.74) is 0.237. The number of hydrogen-bond acceptors (Lipinski definition) is 2. The van der Waals surface area contributed by atoms with E-state index < -0.39 is 0 Å². The van der Waals surface area contributed by atoms with Crippen LogP contribution in [0, 0.1) is 11.3 Å². The van der Waals surface area contributed by atoms with Crippen LogP contribution >= 0.6 is 0 Å². The monoisotopic (exact) mass is 208 g/mol. The van der Waals surface area contributed by atoms with Crippen LogP contribution in [0.25, 0.3) is 0 Å². The third-order valence-electron chi connectivity index (χ3n) is 4.01. The molecule has 3 atom stereocenters. The third kappa shape index (κ3) is 1.76. The molecule has 0 radical (unpaired) electrons. The Hall–Kier alpha value is -0.630. The van der Waals surface area contributed by atoms with Gasteiger partial charge in [0.1, 0.15) is 0 Å². The van der Waals surface area contributed by atoms with Crippen molar-refractivity contribution in [2.24, 2.45) is 11.3 Å². The molecule has 0 N–H and O–H groups in total. The number of ether oxygens (including phenoxy) is 1. The Morgan fingerprint density at radius 1 is 1.40 bits per heavy atom. The van der Waals surface area contributed by atoms with E-state index in [1.807, 2.05) is 0 Å². The van der Waals surface area contributed by atoms with Crippen LogP contribution in [0.1, 0.15) is 40.5 Å². The van der Waals surface area contributed by atoms with Crippen LogP contribution < -0.4 is 0 Å². The van der Waals surface area contributed by atoms with Crippen molar-refractivity contribution in [3.63, 3.8) is 0 Å². The summed E-state index contributed by atoms with van der Waals surface area (Å²) in [6.07, 6.45) is 6.52. The van der Waals surface area contributed by atoms with E-state index in [-0.39, 0.29) is 16.8 Å². The lowest BCUT2D eigenvalue weighted by Gasteiger charge is -2.38. The van der Waals surface area contributed by atoms with E-state index in [4.69, 9.17) is 4.74 Å². The number of fused-ring (bicyclic) bond motifs is 1. The summed E-state index contributed by atoms with van der Waals surface area (Å²) in [5, 5.41) is 0. The first kappa shape index (κ1) is 10.9. The van der Waals surface area contributed by atoms with Gasteiger partial charge in [0.2, 0.25) is 0 Å². The van der Waals surface area contributed by atoms with Crippen molar-refractivity contribution in [2.45, 2.75) is 52.2 Å². The lowest BCUT2D eigenvalue weighted by Crippen LogP contribution is -2.39. The molecule has 2 heteroatoms. The zero-order valence-electron chi connectivity index (χ0n) is 10.0. The summed E-state index contributed by atoms with van der Waals surface area (Å²) in [6.45, 7) is 8.31. The molecule has 2 aliphatic rings. The largest absolute Gasteiger partial charge is 0.366 e. The first-order chi connectivity index (χ1) is 6.86. The first-order valence-electron chi connectivity index (χ1n) is 5.73. The fourth-order valence-corrected chi connectivity index (χ4v) is 3.01. The van der Waals surface area contributed by atoms with E-state index in [1.165, 1.54) is 6.42 Å². The number of hydrogen-bond donors (Lipinski definition) is 0. The normalized spacial score (nSPS) is 42.7. The standard InChI is InChI=1S/C13H20O2/c1-9(14)5-6-10-12(2,3)8-7-11-13(10,4)15-11/h5-6,10-11H,7-8H2,1-4H3. The van der Waals surface area contributed by atoms with Gasteiger partial charge in [-0.25, -0.2) is 0 Å². The highest BCUT2D eigenvalue weighted by Gasteiger charge is 2.63. The van der Waals surface area contributed by atoms with Gasteiger partial charge in [0.25, 0.3) is 0 Å². The van der Waals surface area contributed by atoms with Crippen LogP contribution in [0.3, 0.4) is 0 Å². The number of carbonyl (C=O) groups is 1. The first-order valence-corrected chi connectivity index (χ1v) is 5.73. The summed E-state index contributed by atoms with van der Waals surface area (Å²) in [6, 6.07) is 0. The number of carbonyl (C=O) groups excluding carboxylic acids is 1. The maximum atomic E-state index is 11.0. The van der Waals surface area contributed by atoms with Crippen molar-refractivity contribution in [3.05, 3.63) is 12.2 Å². The second-order valence-corrected chi connectivity index (χ2v) is 5.77. The van der Waals surface area contributed by atoms with E-state index in [0.717, 1.165) is 6.42 Å². The lowest BCUT2D eigenvalue weighted by atomic mass is 9.64. The molecule has 1 aliphatic carbocycles. The summed E-state index contributed by atoms with van der Waals surface area (Å²) in [7, 11) is 0. The predicted octanol–water partition coefficient (Wildman–Crippen LogP) is 2.73. The van der Waals surface area contributed by atoms with Crippen LogP contribution in [0.2, 0.25) is 0 Å². The van der Waals surface area contributed by atoms with Gasteiger partial charge in [-0.2, -0.15) is 0 Å². The summed E-state index contributed by atoms with van der Waals surface area (Å²) in [4.78, 5) is 11.0. The van der Waals surface area contributed by atoms with E-state index >= 15 is 0 Å². The Bertz CT molecular complexity index is 312. The average Bonchev–Trinajstić information content (AvgIpc) is 2.74. The molecule has 1 aliphatic heterocycles. The van der Waals surface area contributed by atoms with Gasteiger partial charge < -0.3 is 4.74 Å². The maximum absolute atomic E-state index is 11.0. The average molecular weight is 208 g/mol. The minimum Gasteiger partial charge on any atom is -0.366 e. The fraction of sp³-hybridized carbons (Fsp3) is 0.769. The summed E-state index contributed by atoms with van der Waals surface area (Å²) < 4.78 is 5.78. The van der Waals surface area contributed by atoms with Crippen molar-refractivity contribution < 1.29 is 9.53 Å². The molecule has 0 aromatic heterocycles. The quantitative estimate of drug-likeness (QED) is 0.516. The van der Waals surface area contributed by atoms with Crippen LogP contribution in [0.15, 0.2) is 12.2 Å². The van der Waals surface area contributed by atoms with Gasteiger partial charge in [0, 0.05) is 5.92 Å². The van der Waals surface area contributed by atoms with E-state index in [0.29, 0.717) is 12.0 Å². The minimum atomic E-state index is -0.00625.